The Balaban J connectivity index is 1.82. The predicted molar refractivity (Wildman–Crippen MR) is 132 cm³/mol. The number of nitrogens with two attached hydrogens (primary N) is 2. The molecule has 6 N–H and O–H groups in total. The van der Waals surface area contributed by atoms with Gasteiger partial charge in [-0.25, -0.2) is 5.84 Å². The van der Waals surface area contributed by atoms with E-state index >= 15 is 0 Å². The van der Waals surface area contributed by atoms with Crippen LogP contribution in [-0.4, -0.2) is 29.1 Å². The Hall–Kier alpha value is -2.42. The lowest BCUT2D eigenvalue weighted by Gasteiger charge is -2.14. The number of aromatic hydroxyl groups is 1. The smallest absolute Gasteiger partial charge is 0.163 e. The molecule has 9 heteroatoms. The molecule has 0 aliphatic carbocycles. The van der Waals surface area contributed by atoms with Crippen LogP contribution in [0.15, 0.2) is 40.3 Å². The van der Waals surface area contributed by atoms with Crippen molar-refractivity contribution in [1.29, 1.82) is 0 Å². The van der Waals surface area contributed by atoms with Gasteiger partial charge in [0, 0.05) is 16.9 Å². The quantitative estimate of drug-likeness (QED) is 0.0676. The third-order valence-electron chi connectivity index (χ3n) is 4.86. The van der Waals surface area contributed by atoms with Gasteiger partial charge in [0.25, 0.3) is 0 Å². The van der Waals surface area contributed by atoms with E-state index in [1.807, 2.05) is 25.1 Å². The minimum absolute atomic E-state index is 0.0394. The summed E-state index contributed by atoms with van der Waals surface area (Å²) in [6.45, 7) is 4.01. The molecule has 0 saturated heterocycles. The van der Waals surface area contributed by atoms with Gasteiger partial charge in [-0.05, 0) is 61.8 Å². The van der Waals surface area contributed by atoms with Gasteiger partial charge >= 0.3 is 0 Å². The van der Waals surface area contributed by atoms with Gasteiger partial charge in [-0.3, -0.25) is 4.79 Å². The summed E-state index contributed by atoms with van der Waals surface area (Å²) in [5.74, 6) is 12.5. The van der Waals surface area contributed by atoms with Gasteiger partial charge in [-0.2, -0.15) is 5.10 Å². The first kappa shape index (κ1) is 25.8. The molecule has 2 aromatic carbocycles. The van der Waals surface area contributed by atoms with Gasteiger partial charge < -0.3 is 21.1 Å². The zero-order valence-electron chi connectivity index (χ0n) is 18.5. The number of ether oxygens (including phenoxy) is 1. The molecule has 32 heavy (non-hydrogen) atoms. The van der Waals surface area contributed by atoms with Crippen LogP contribution >= 0.6 is 23.4 Å². The van der Waals surface area contributed by atoms with Crippen molar-refractivity contribution in [3.8, 4) is 11.5 Å². The number of rotatable bonds is 12. The van der Waals surface area contributed by atoms with Crippen LogP contribution in [0, 0.1) is 0 Å². The van der Waals surface area contributed by atoms with Crippen molar-refractivity contribution in [2.45, 2.75) is 50.8 Å². The standard InChI is InChI=1S/C23H31ClN4O3S/c1-3-6-18-20(9-8-17(15(2)29)23(18)30)31-11-4-5-12-32-21-10-7-16(13-19(21)24)14-22(27-25)28-26/h7-10,13,30H,3-6,11-12,14,25-26H2,1-2H3,(H,27,28). The van der Waals surface area contributed by atoms with Gasteiger partial charge in [0.2, 0.25) is 0 Å². The van der Waals surface area contributed by atoms with E-state index in [9.17, 15) is 9.90 Å². The van der Waals surface area contributed by atoms with E-state index in [2.05, 4.69) is 10.5 Å². The van der Waals surface area contributed by atoms with Gasteiger partial charge in [0.05, 0.1) is 17.2 Å². The molecule has 174 valence electrons. The number of carbonyl (C=O) groups is 1. The summed E-state index contributed by atoms with van der Waals surface area (Å²) >= 11 is 8.09. The molecule has 2 rings (SSSR count). The van der Waals surface area contributed by atoms with Crippen molar-refractivity contribution in [2.75, 3.05) is 12.4 Å². The Labute approximate surface area is 198 Å². The fraction of sp³-hybridized carbons (Fsp3) is 0.391. The number of carbonyl (C=O) groups excluding carboxylic acids is 1. The fourth-order valence-corrected chi connectivity index (χ4v) is 4.49. The van der Waals surface area contributed by atoms with Crippen LogP contribution in [0.1, 0.15) is 54.6 Å². The highest BCUT2D eigenvalue weighted by atomic mass is 35.5. The highest BCUT2D eigenvalue weighted by Gasteiger charge is 2.15. The second-order valence-electron chi connectivity index (χ2n) is 7.31. The monoisotopic (exact) mass is 478 g/mol. The van der Waals surface area contributed by atoms with Crippen LogP contribution in [0.4, 0.5) is 0 Å². The highest BCUT2D eigenvalue weighted by Crippen LogP contribution is 2.33. The molecule has 0 atom stereocenters. The van der Waals surface area contributed by atoms with Gasteiger partial charge in [0.1, 0.15) is 17.3 Å². The maximum absolute atomic E-state index is 11.7. The minimum Gasteiger partial charge on any atom is -0.507 e. The Morgan fingerprint density at radius 3 is 2.69 bits per heavy atom. The molecule has 7 nitrogen and oxygen atoms in total. The highest BCUT2D eigenvalue weighted by molar-refractivity contribution is 7.99. The number of hydrazone groups is 1. The van der Waals surface area contributed by atoms with E-state index in [1.54, 1.807) is 23.9 Å². The first-order valence-electron chi connectivity index (χ1n) is 10.5. The number of phenols is 1. The number of Topliss-reactive ketones (excluding diaryl/α,β-unsaturated/α-hetero) is 1. The summed E-state index contributed by atoms with van der Waals surface area (Å²) in [6, 6.07) is 9.26. The van der Waals surface area contributed by atoms with E-state index in [-0.39, 0.29) is 11.5 Å². The Morgan fingerprint density at radius 2 is 2.06 bits per heavy atom. The Bertz CT molecular complexity index is 953. The molecule has 0 aliphatic rings. The van der Waals surface area contributed by atoms with Crippen LogP contribution in [0.3, 0.4) is 0 Å². The summed E-state index contributed by atoms with van der Waals surface area (Å²) in [4.78, 5) is 12.7. The lowest BCUT2D eigenvalue weighted by atomic mass is 10.0. The number of hydrogen-bond donors (Lipinski definition) is 4. The Kier molecular flexibility index (Phi) is 10.7. The molecule has 0 amide bonds. The first-order valence-corrected chi connectivity index (χ1v) is 11.9. The number of benzene rings is 2. The molecule has 0 radical (unpaired) electrons. The van der Waals surface area contributed by atoms with E-state index in [4.69, 9.17) is 28.0 Å². The third kappa shape index (κ3) is 7.32. The van der Waals surface area contributed by atoms with E-state index in [1.165, 1.54) is 6.92 Å². The predicted octanol–water partition coefficient (Wildman–Crippen LogP) is 4.43. The number of hydrazine groups is 1. The largest absolute Gasteiger partial charge is 0.507 e. The lowest BCUT2D eigenvalue weighted by molar-refractivity contribution is 0.101. The SMILES string of the molecule is CCCc1c(OCCCCSc2ccc(C/C(=N/N)NN)cc2Cl)ccc(C(C)=O)c1O. The molecule has 0 aromatic heterocycles. The number of thioether (sulfide) groups is 1. The third-order valence-corrected chi connectivity index (χ3v) is 6.45. The van der Waals surface area contributed by atoms with Gasteiger partial charge in [-0.15, -0.1) is 11.8 Å². The maximum Gasteiger partial charge on any atom is 0.163 e. The zero-order chi connectivity index (χ0) is 23.5. The van der Waals surface area contributed by atoms with Gasteiger partial charge in [-0.1, -0.05) is 31.0 Å². The molecule has 0 saturated carbocycles. The average Bonchev–Trinajstić information content (AvgIpc) is 2.77. The molecular formula is C23H31ClN4O3S. The number of halogens is 1. The number of hydrogen-bond acceptors (Lipinski definition) is 7. The molecule has 0 heterocycles. The molecule has 0 spiro atoms. The molecule has 0 aliphatic heterocycles. The number of phenolic OH excluding ortho intramolecular Hbond substituents is 1. The molecule has 2 aromatic rings. The van der Waals surface area contributed by atoms with Crippen molar-refractivity contribution in [2.24, 2.45) is 16.8 Å². The number of unbranched alkanes of at least 4 members (excludes halogenated alkanes) is 1. The van der Waals surface area contributed by atoms with E-state index in [0.29, 0.717) is 47.2 Å². The lowest BCUT2D eigenvalue weighted by Crippen LogP contribution is -2.32. The van der Waals surface area contributed by atoms with E-state index in [0.717, 1.165) is 35.5 Å². The minimum atomic E-state index is -0.154. The maximum atomic E-state index is 11.7. The van der Waals surface area contributed by atoms with Crippen LogP contribution < -0.4 is 21.8 Å². The molecule has 0 unspecified atom stereocenters. The second-order valence-corrected chi connectivity index (χ2v) is 8.85. The van der Waals surface area contributed by atoms with Gasteiger partial charge in [0.15, 0.2) is 5.78 Å². The number of nitrogens with one attached hydrogen (secondary N) is 1. The number of nitrogens with zero attached hydrogens (tertiary/aromatic N) is 1. The second kappa shape index (κ2) is 13.2. The summed E-state index contributed by atoms with van der Waals surface area (Å²) in [7, 11) is 0. The first-order chi connectivity index (χ1) is 15.4. The van der Waals surface area contributed by atoms with Crippen molar-refractivity contribution < 1.29 is 14.6 Å². The summed E-state index contributed by atoms with van der Waals surface area (Å²) < 4.78 is 5.91. The topological polar surface area (TPSA) is 123 Å². The zero-order valence-corrected chi connectivity index (χ0v) is 20.1. The summed E-state index contributed by atoms with van der Waals surface area (Å²) in [5.41, 5.74) is 4.47. The number of amidine groups is 1. The molecular weight excluding hydrogens is 448 g/mol. The van der Waals surface area contributed by atoms with Crippen LogP contribution in [-0.2, 0) is 12.8 Å². The number of ketones is 1. The van der Waals surface area contributed by atoms with Crippen molar-refractivity contribution in [3.05, 3.63) is 52.0 Å². The normalized spacial score (nSPS) is 11.4. The average molecular weight is 479 g/mol. The fourth-order valence-electron chi connectivity index (χ4n) is 3.20. The van der Waals surface area contributed by atoms with Crippen molar-refractivity contribution in [3.63, 3.8) is 0 Å². The summed E-state index contributed by atoms with van der Waals surface area (Å²) in [6.07, 6.45) is 3.81. The van der Waals surface area contributed by atoms with Crippen LogP contribution in [0.2, 0.25) is 5.02 Å². The van der Waals surface area contributed by atoms with Crippen molar-refractivity contribution in [1.82, 2.24) is 5.43 Å². The van der Waals surface area contributed by atoms with Crippen molar-refractivity contribution >= 4 is 35.0 Å². The van der Waals surface area contributed by atoms with Crippen LogP contribution in [0.5, 0.6) is 11.5 Å². The summed E-state index contributed by atoms with van der Waals surface area (Å²) in [5, 5.41) is 14.7. The molecule has 0 bridgehead atoms. The van der Waals surface area contributed by atoms with Crippen LogP contribution in [0.25, 0.3) is 0 Å². The molecule has 0 fully saturated rings. The van der Waals surface area contributed by atoms with E-state index < -0.39 is 0 Å². The Morgan fingerprint density at radius 1 is 1.28 bits per heavy atom.